The normalized spacial score (nSPS) is 16.9. The quantitative estimate of drug-likeness (QED) is 0.613. The Balaban J connectivity index is 1.62. The summed E-state index contributed by atoms with van der Waals surface area (Å²) in [6.07, 6.45) is -3.49. The molecule has 1 N–H and O–H groups in total. The number of halogens is 3. The van der Waals surface area contributed by atoms with Gasteiger partial charge in [-0.15, -0.1) is 0 Å². The molecule has 1 heterocycles. The van der Waals surface area contributed by atoms with Crippen LogP contribution in [0.3, 0.4) is 0 Å². The zero-order chi connectivity index (χ0) is 24.2. The van der Waals surface area contributed by atoms with Gasteiger partial charge in [-0.25, -0.2) is 9.59 Å². The Morgan fingerprint density at radius 2 is 1.85 bits per heavy atom. The van der Waals surface area contributed by atoms with Crippen molar-refractivity contribution in [3.63, 3.8) is 0 Å². The fourth-order valence-corrected chi connectivity index (χ4v) is 3.66. The minimum absolute atomic E-state index is 0.00338. The number of alkyl halides is 3. The maximum Gasteiger partial charge on any atom is 0.416 e. The molecule has 0 aromatic heterocycles. The molecule has 1 amide bonds. The van der Waals surface area contributed by atoms with Gasteiger partial charge in [-0.3, -0.25) is 0 Å². The van der Waals surface area contributed by atoms with Gasteiger partial charge in [0.05, 0.1) is 5.56 Å². The third-order valence-corrected chi connectivity index (χ3v) is 5.51. The molecule has 0 spiro atoms. The molecular weight excluding hydrogens is 439 g/mol. The Bertz CT molecular complexity index is 1010. The molecule has 1 aliphatic heterocycles. The summed E-state index contributed by atoms with van der Waals surface area (Å²) in [5.74, 6) is -0.666. The first-order valence-corrected chi connectivity index (χ1v) is 10.6. The average Bonchev–Trinajstić information content (AvgIpc) is 2.77. The highest BCUT2D eigenvalue weighted by atomic mass is 19.4. The minimum Gasteiger partial charge on any atom is -0.478 e. The summed E-state index contributed by atoms with van der Waals surface area (Å²) in [4.78, 5) is 25.4. The van der Waals surface area contributed by atoms with E-state index < -0.39 is 29.4 Å². The maximum absolute atomic E-state index is 12.9. The first-order valence-electron chi connectivity index (χ1n) is 10.6. The van der Waals surface area contributed by atoms with Gasteiger partial charge in [0.2, 0.25) is 0 Å². The van der Waals surface area contributed by atoms with E-state index in [4.69, 9.17) is 9.47 Å². The Labute approximate surface area is 189 Å². The number of hydrogen-bond donors (Lipinski definition) is 1. The number of aliphatic carboxylic acids is 1. The first kappa shape index (κ1) is 24.4. The van der Waals surface area contributed by atoms with E-state index in [1.807, 2.05) is 6.07 Å². The molecule has 178 valence electrons. The van der Waals surface area contributed by atoms with Crippen molar-refractivity contribution in [2.75, 3.05) is 13.1 Å². The molecule has 0 radical (unpaired) electrons. The van der Waals surface area contributed by atoms with Crippen LogP contribution in [-0.2, 0) is 22.3 Å². The number of piperidine rings is 1. The van der Waals surface area contributed by atoms with Gasteiger partial charge in [-0.05, 0) is 62.1 Å². The summed E-state index contributed by atoms with van der Waals surface area (Å²) in [5.41, 5.74) is -1.01. The second kappa shape index (κ2) is 9.72. The molecule has 0 aliphatic carbocycles. The minimum atomic E-state index is -4.46. The van der Waals surface area contributed by atoms with Crippen LogP contribution in [0.25, 0.3) is 0 Å². The second-order valence-electron chi connectivity index (χ2n) is 8.53. The highest BCUT2D eigenvalue weighted by Gasteiger charge is 2.31. The van der Waals surface area contributed by atoms with Crippen molar-refractivity contribution in [2.24, 2.45) is 0 Å². The van der Waals surface area contributed by atoms with E-state index in [1.165, 1.54) is 30.9 Å². The maximum atomic E-state index is 12.9. The number of rotatable bonds is 6. The lowest BCUT2D eigenvalue weighted by Gasteiger charge is -2.32. The molecule has 3 rings (SSSR count). The lowest BCUT2D eigenvalue weighted by Crippen LogP contribution is -2.39. The number of ether oxygens (including phenoxy) is 2. The molecule has 2 aromatic rings. The SMILES string of the molecule is CC(C)(Oc1cccc([C@H]2CCCN(C(=O)OCc3cccc(C(F)(F)F)c3)C2)c1)C(=O)O. The van der Waals surface area contributed by atoms with Crippen LogP contribution in [0.4, 0.5) is 18.0 Å². The summed E-state index contributed by atoms with van der Waals surface area (Å²) in [6, 6.07) is 11.8. The van der Waals surface area contributed by atoms with Gasteiger partial charge < -0.3 is 19.5 Å². The Morgan fingerprint density at radius 3 is 2.55 bits per heavy atom. The molecule has 33 heavy (non-hydrogen) atoms. The number of carbonyl (C=O) groups is 2. The Kier molecular flexibility index (Phi) is 7.19. The molecular formula is C24H26F3NO5. The molecule has 6 nitrogen and oxygen atoms in total. The predicted octanol–water partition coefficient (Wildman–Crippen LogP) is 5.46. The van der Waals surface area contributed by atoms with E-state index in [0.717, 1.165) is 30.5 Å². The standard InChI is InChI=1S/C24H26F3NO5/c1-23(2,21(29)30)33-20-10-4-7-17(13-20)18-8-5-11-28(14-18)22(31)32-15-16-6-3-9-19(12-16)24(25,26)27/h3-4,6-7,9-10,12-13,18H,5,8,11,14-15H2,1-2H3,(H,29,30)/t18-/m0/s1. The van der Waals surface area contributed by atoms with Crippen molar-refractivity contribution in [2.45, 2.75) is 51.0 Å². The third kappa shape index (κ3) is 6.40. The van der Waals surface area contributed by atoms with Crippen molar-refractivity contribution in [1.82, 2.24) is 4.90 Å². The lowest BCUT2D eigenvalue weighted by molar-refractivity contribution is -0.152. The monoisotopic (exact) mass is 465 g/mol. The number of carboxylic acid groups (broad SMARTS) is 1. The van der Waals surface area contributed by atoms with Crippen molar-refractivity contribution in [1.29, 1.82) is 0 Å². The number of likely N-dealkylation sites (tertiary alicyclic amines) is 1. The van der Waals surface area contributed by atoms with Crippen molar-refractivity contribution < 1.29 is 37.3 Å². The molecule has 0 unspecified atom stereocenters. The molecule has 2 aromatic carbocycles. The van der Waals surface area contributed by atoms with Crippen LogP contribution in [0, 0.1) is 0 Å². The summed E-state index contributed by atoms with van der Waals surface area (Å²) in [6.45, 7) is 3.54. The zero-order valence-corrected chi connectivity index (χ0v) is 18.4. The number of amides is 1. The van der Waals surface area contributed by atoms with E-state index in [2.05, 4.69) is 0 Å². The second-order valence-corrected chi connectivity index (χ2v) is 8.53. The molecule has 1 fully saturated rings. The van der Waals surface area contributed by atoms with Crippen LogP contribution in [0.2, 0.25) is 0 Å². The Morgan fingerprint density at radius 1 is 1.12 bits per heavy atom. The first-order chi connectivity index (χ1) is 15.5. The third-order valence-electron chi connectivity index (χ3n) is 5.51. The summed E-state index contributed by atoms with van der Waals surface area (Å²) >= 11 is 0. The number of hydrogen-bond acceptors (Lipinski definition) is 4. The summed E-state index contributed by atoms with van der Waals surface area (Å²) < 4.78 is 49.5. The fourth-order valence-electron chi connectivity index (χ4n) is 3.66. The number of carbonyl (C=O) groups excluding carboxylic acids is 1. The summed E-state index contributed by atoms with van der Waals surface area (Å²) in [5, 5.41) is 9.27. The van der Waals surface area contributed by atoms with E-state index in [1.54, 1.807) is 18.2 Å². The average molecular weight is 465 g/mol. The van der Waals surface area contributed by atoms with Gasteiger partial charge >= 0.3 is 18.2 Å². The van der Waals surface area contributed by atoms with Crippen molar-refractivity contribution in [3.05, 3.63) is 65.2 Å². The van der Waals surface area contributed by atoms with Crippen LogP contribution in [0.15, 0.2) is 48.5 Å². The number of nitrogens with zero attached hydrogens (tertiary/aromatic N) is 1. The molecule has 1 atom stereocenters. The molecule has 9 heteroatoms. The Hall–Kier alpha value is -3.23. The molecule has 0 bridgehead atoms. The van der Waals surface area contributed by atoms with E-state index in [9.17, 15) is 27.9 Å². The summed E-state index contributed by atoms with van der Waals surface area (Å²) in [7, 11) is 0. The van der Waals surface area contributed by atoms with Gasteiger partial charge in [0, 0.05) is 19.0 Å². The van der Waals surface area contributed by atoms with Crippen LogP contribution < -0.4 is 4.74 Å². The fraction of sp³-hybridized carbons (Fsp3) is 0.417. The van der Waals surface area contributed by atoms with Gasteiger partial charge in [-0.1, -0.05) is 24.3 Å². The lowest BCUT2D eigenvalue weighted by atomic mass is 9.90. The van der Waals surface area contributed by atoms with Crippen molar-refractivity contribution >= 4 is 12.1 Å². The van der Waals surface area contributed by atoms with Crippen LogP contribution in [-0.4, -0.2) is 40.8 Å². The zero-order valence-electron chi connectivity index (χ0n) is 18.4. The van der Waals surface area contributed by atoms with Crippen LogP contribution >= 0.6 is 0 Å². The number of benzene rings is 2. The van der Waals surface area contributed by atoms with E-state index in [0.29, 0.717) is 18.8 Å². The highest BCUT2D eigenvalue weighted by Crippen LogP contribution is 2.31. The topological polar surface area (TPSA) is 76.1 Å². The van der Waals surface area contributed by atoms with Gasteiger partial charge in [0.15, 0.2) is 5.60 Å². The van der Waals surface area contributed by atoms with Crippen molar-refractivity contribution in [3.8, 4) is 5.75 Å². The van der Waals surface area contributed by atoms with E-state index in [-0.39, 0.29) is 18.1 Å². The van der Waals surface area contributed by atoms with E-state index >= 15 is 0 Å². The van der Waals surface area contributed by atoms with Gasteiger partial charge in [0.1, 0.15) is 12.4 Å². The van der Waals surface area contributed by atoms with Crippen LogP contribution in [0.5, 0.6) is 5.75 Å². The highest BCUT2D eigenvalue weighted by molar-refractivity contribution is 5.76. The molecule has 0 saturated carbocycles. The van der Waals surface area contributed by atoms with Gasteiger partial charge in [-0.2, -0.15) is 13.2 Å². The number of carboxylic acids is 1. The predicted molar refractivity (Wildman–Crippen MR) is 114 cm³/mol. The molecule has 1 aliphatic rings. The van der Waals surface area contributed by atoms with Crippen LogP contribution in [0.1, 0.15) is 49.3 Å². The van der Waals surface area contributed by atoms with Gasteiger partial charge in [0.25, 0.3) is 0 Å². The smallest absolute Gasteiger partial charge is 0.416 e. The largest absolute Gasteiger partial charge is 0.478 e. The molecule has 1 saturated heterocycles.